The van der Waals surface area contributed by atoms with E-state index in [-0.39, 0.29) is 5.75 Å². The number of halogens is 1. The van der Waals surface area contributed by atoms with Crippen molar-refractivity contribution in [2.45, 2.75) is 6.80 Å². The maximum absolute atomic E-state index is 12.5. The molecule has 112 valence electrons. The summed E-state index contributed by atoms with van der Waals surface area (Å²) in [6.07, 6.45) is 3.13. The van der Waals surface area contributed by atoms with Gasteiger partial charge in [0.25, 0.3) is 0 Å². The van der Waals surface area contributed by atoms with Crippen molar-refractivity contribution in [2.75, 3.05) is 12.4 Å². The fraction of sp³-hybridized carbons (Fsp3) is 0.133. The molecular weight excluding hydrogens is 285 g/mol. The number of aromatic nitrogens is 4. The lowest BCUT2D eigenvalue weighted by Crippen LogP contribution is -1.95. The van der Waals surface area contributed by atoms with Crippen LogP contribution in [-0.4, -0.2) is 32.1 Å². The lowest BCUT2D eigenvalue weighted by molar-refractivity contribution is 0.350. The van der Waals surface area contributed by atoms with Gasteiger partial charge in [-0.05, 0) is 29.8 Å². The number of rotatable bonds is 4. The van der Waals surface area contributed by atoms with Crippen molar-refractivity contribution < 1.29 is 9.50 Å². The van der Waals surface area contributed by atoms with E-state index in [0.29, 0.717) is 17.1 Å². The van der Waals surface area contributed by atoms with Crippen molar-refractivity contribution in [3.63, 3.8) is 0 Å². The maximum atomic E-state index is 12.5. The number of anilines is 1. The predicted octanol–water partition coefficient (Wildman–Crippen LogP) is 2.68. The van der Waals surface area contributed by atoms with Crippen LogP contribution in [0.3, 0.4) is 0 Å². The van der Waals surface area contributed by atoms with Crippen LogP contribution in [0, 0.1) is 0 Å². The molecule has 6 nitrogen and oxygen atoms in total. The summed E-state index contributed by atoms with van der Waals surface area (Å²) in [5, 5.41) is 25.0. The second-order valence-electron chi connectivity index (χ2n) is 4.67. The smallest absolute Gasteiger partial charge is 0.181 e. The quantitative estimate of drug-likeness (QED) is 0.774. The molecule has 0 atom stereocenters. The van der Waals surface area contributed by atoms with E-state index in [1.165, 1.54) is 4.68 Å². The second-order valence-corrected chi connectivity index (χ2v) is 4.67. The van der Waals surface area contributed by atoms with Crippen LogP contribution < -0.4 is 5.32 Å². The van der Waals surface area contributed by atoms with Gasteiger partial charge in [-0.1, -0.05) is 6.07 Å². The van der Waals surface area contributed by atoms with E-state index in [1.54, 1.807) is 43.7 Å². The summed E-state index contributed by atoms with van der Waals surface area (Å²) in [4.78, 5) is 0. The Morgan fingerprint density at radius 1 is 1.18 bits per heavy atom. The Labute approximate surface area is 126 Å². The Kier molecular flexibility index (Phi) is 3.69. The van der Waals surface area contributed by atoms with Gasteiger partial charge in [-0.15, -0.1) is 10.2 Å². The molecule has 0 radical (unpaired) electrons. The van der Waals surface area contributed by atoms with Crippen LogP contribution in [0.25, 0.3) is 22.4 Å². The van der Waals surface area contributed by atoms with Gasteiger partial charge < -0.3 is 10.4 Å². The summed E-state index contributed by atoms with van der Waals surface area (Å²) < 4.78 is 13.7. The van der Waals surface area contributed by atoms with E-state index in [9.17, 15) is 9.50 Å². The number of hydrogen-bond donors (Lipinski definition) is 2. The molecule has 0 bridgehead atoms. The zero-order valence-corrected chi connectivity index (χ0v) is 11.9. The molecule has 7 heteroatoms. The highest BCUT2D eigenvalue weighted by Gasteiger charge is 2.09. The largest absolute Gasteiger partial charge is 0.507 e. The van der Waals surface area contributed by atoms with Crippen LogP contribution in [0.1, 0.15) is 0 Å². The van der Waals surface area contributed by atoms with E-state index in [1.807, 2.05) is 6.07 Å². The third kappa shape index (κ3) is 2.60. The first-order valence-corrected chi connectivity index (χ1v) is 6.65. The molecule has 0 amide bonds. The average Bonchev–Trinajstić information content (AvgIpc) is 3.04. The second kappa shape index (κ2) is 5.80. The van der Waals surface area contributed by atoms with Crippen molar-refractivity contribution in [1.82, 2.24) is 20.0 Å². The Bertz CT molecular complexity index is 785. The first kappa shape index (κ1) is 14.0. The molecular formula is C15H14FN5O. The zero-order chi connectivity index (χ0) is 15.5. The molecule has 0 unspecified atom stereocenters. The summed E-state index contributed by atoms with van der Waals surface area (Å²) in [5.74, 6) is 0.732. The minimum Gasteiger partial charge on any atom is -0.507 e. The summed E-state index contributed by atoms with van der Waals surface area (Å²) in [6.45, 7) is -0.683. The molecule has 3 aromatic rings. The van der Waals surface area contributed by atoms with Crippen LogP contribution in [0.4, 0.5) is 10.2 Å². The SMILES string of the molecule is CNc1ccc(-c2ccc(-c3cnn(CF)c3)cc2O)nn1. The number of nitrogens with one attached hydrogen (secondary N) is 1. The minimum absolute atomic E-state index is 0.0806. The van der Waals surface area contributed by atoms with Crippen molar-refractivity contribution in [2.24, 2.45) is 0 Å². The van der Waals surface area contributed by atoms with Gasteiger partial charge in [0.1, 0.15) is 11.6 Å². The molecule has 2 aromatic heterocycles. The maximum Gasteiger partial charge on any atom is 0.181 e. The number of aromatic hydroxyl groups is 1. The molecule has 3 rings (SSSR count). The molecule has 0 saturated carbocycles. The molecule has 0 aliphatic rings. The van der Waals surface area contributed by atoms with E-state index in [4.69, 9.17) is 0 Å². The number of benzene rings is 1. The van der Waals surface area contributed by atoms with Gasteiger partial charge in [0.2, 0.25) is 0 Å². The highest BCUT2D eigenvalue weighted by atomic mass is 19.1. The molecule has 0 spiro atoms. The Hall–Kier alpha value is -2.96. The van der Waals surface area contributed by atoms with Gasteiger partial charge in [-0.25, -0.2) is 9.07 Å². The summed E-state index contributed by atoms with van der Waals surface area (Å²) in [5.41, 5.74) is 2.64. The first-order valence-electron chi connectivity index (χ1n) is 6.65. The number of hydrogen-bond acceptors (Lipinski definition) is 5. The lowest BCUT2D eigenvalue weighted by Gasteiger charge is -2.06. The Balaban J connectivity index is 1.94. The standard InChI is InChI=1S/C15H14FN5O/c1-17-15-5-4-13(19-20-15)12-3-2-10(6-14(12)22)11-7-18-21(8-11)9-16/h2-8,22H,9H2,1H3,(H,17,20). The Morgan fingerprint density at radius 2 is 2.05 bits per heavy atom. The normalized spacial score (nSPS) is 10.6. The zero-order valence-electron chi connectivity index (χ0n) is 11.9. The third-order valence-electron chi connectivity index (χ3n) is 3.28. The lowest BCUT2D eigenvalue weighted by atomic mass is 10.0. The summed E-state index contributed by atoms with van der Waals surface area (Å²) >= 11 is 0. The Morgan fingerprint density at radius 3 is 2.64 bits per heavy atom. The fourth-order valence-corrected chi connectivity index (χ4v) is 2.12. The van der Waals surface area contributed by atoms with Crippen LogP contribution in [-0.2, 0) is 6.80 Å². The fourth-order valence-electron chi connectivity index (χ4n) is 2.12. The molecule has 0 aliphatic heterocycles. The van der Waals surface area contributed by atoms with Gasteiger partial charge >= 0.3 is 0 Å². The van der Waals surface area contributed by atoms with E-state index < -0.39 is 6.80 Å². The predicted molar refractivity (Wildman–Crippen MR) is 81.0 cm³/mol. The van der Waals surface area contributed by atoms with Gasteiger partial charge in [0.15, 0.2) is 6.80 Å². The number of phenolic OH excluding ortho intramolecular Hbond substituents is 1. The van der Waals surface area contributed by atoms with Gasteiger partial charge in [-0.2, -0.15) is 5.10 Å². The van der Waals surface area contributed by atoms with E-state index >= 15 is 0 Å². The molecule has 0 saturated heterocycles. The minimum atomic E-state index is -0.683. The summed E-state index contributed by atoms with van der Waals surface area (Å²) in [6, 6.07) is 8.72. The van der Waals surface area contributed by atoms with Crippen molar-refractivity contribution >= 4 is 5.82 Å². The number of nitrogens with zero attached hydrogens (tertiary/aromatic N) is 4. The van der Waals surface area contributed by atoms with Gasteiger partial charge in [0, 0.05) is 24.4 Å². The van der Waals surface area contributed by atoms with Crippen LogP contribution in [0.2, 0.25) is 0 Å². The highest BCUT2D eigenvalue weighted by molar-refractivity contribution is 5.73. The van der Waals surface area contributed by atoms with Crippen molar-refractivity contribution in [3.05, 3.63) is 42.7 Å². The van der Waals surface area contributed by atoms with Gasteiger partial charge in [0.05, 0.1) is 11.9 Å². The van der Waals surface area contributed by atoms with Gasteiger partial charge in [-0.3, -0.25) is 0 Å². The molecule has 2 heterocycles. The topological polar surface area (TPSA) is 75.9 Å². The van der Waals surface area contributed by atoms with Crippen molar-refractivity contribution in [1.29, 1.82) is 0 Å². The summed E-state index contributed by atoms with van der Waals surface area (Å²) in [7, 11) is 1.76. The third-order valence-corrected chi connectivity index (χ3v) is 3.28. The average molecular weight is 299 g/mol. The molecule has 2 N–H and O–H groups in total. The molecule has 1 aromatic carbocycles. The first-order chi connectivity index (χ1) is 10.7. The monoisotopic (exact) mass is 299 g/mol. The van der Waals surface area contributed by atoms with E-state index in [0.717, 1.165) is 11.1 Å². The molecule has 22 heavy (non-hydrogen) atoms. The number of alkyl halides is 1. The van der Waals surface area contributed by atoms with E-state index in [2.05, 4.69) is 20.6 Å². The van der Waals surface area contributed by atoms with Crippen molar-refractivity contribution in [3.8, 4) is 28.1 Å². The molecule has 0 fully saturated rings. The molecule has 0 aliphatic carbocycles. The highest BCUT2D eigenvalue weighted by Crippen LogP contribution is 2.32. The van der Waals surface area contributed by atoms with Crippen LogP contribution >= 0.6 is 0 Å². The number of phenols is 1. The van der Waals surface area contributed by atoms with Crippen LogP contribution in [0.5, 0.6) is 5.75 Å². The van der Waals surface area contributed by atoms with Crippen LogP contribution in [0.15, 0.2) is 42.7 Å².